The maximum absolute atomic E-state index is 11.1. The van der Waals surface area contributed by atoms with E-state index in [0.29, 0.717) is 17.2 Å². The van der Waals surface area contributed by atoms with Crippen molar-refractivity contribution < 1.29 is 19.4 Å². The Morgan fingerprint density at radius 2 is 2.25 bits per heavy atom. The number of carbonyl (C=O) groups is 1. The summed E-state index contributed by atoms with van der Waals surface area (Å²) in [5.41, 5.74) is -0.0342. The Balaban J connectivity index is 1.68. The Hall–Kier alpha value is -0.720. The van der Waals surface area contributed by atoms with E-state index in [1.165, 1.54) is 11.3 Å². The largest absolute Gasteiger partial charge is 0.488 e. The summed E-state index contributed by atoms with van der Waals surface area (Å²) < 4.78 is 12.0. The predicted molar refractivity (Wildman–Crippen MR) is 80.2 cm³/mol. The minimum atomic E-state index is -0.911. The number of rotatable bonds is 3. The van der Waals surface area contributed by atoms with Crippen molar-refractivity contribution in [2.45, 2.75) is 37.4 Å². The number of hydrogen-bond donors (Lipinski definition) is 1. The van der Waals surface area contributed by atoms with Crippen molar-refractivity contribution in [1.29, 1.82) is 0 Å². The third-order valence-corrected chi connectivity index (χ3v) is 5.84. The summed E-state index contributed by atoms with van der Waals surface area (Å²) in [5, 5.41) is 10.9. The Bertz CT molecular complexity index is 474. The summed E-state index contributed by atoms with van der Waals surface area (Å²) in [5.74, 6) is 1.89. The molecule has 1 aromatic heterocycles. The van der Waals surface area contributed by atoms with Crippen LogP contribution in [0.2, 0.25) is 0 Å². The van der Waals surface area contributed by atoms with Gasteiger partial charge in [0, 0.05) is 12.8 Å². The topological polar surface area (TPSA) is 55.8 Å². The van der Waals surface area contributed by atoms with Crippen molar-refractivity contribution in [1.82, 2.24) is 0 Å². The molecule has 110 valence electrons. The lowest BCUT2D eigenvalue weighted by Gasteiger charge is -2.43. The highest BCUT2D eigenvalue weighted by Crippen LogP contribution is 2.39. The molecule has 0 radical (unpaired) electrons. The van der Waals surface area contributed by atoms with Gasteiger partial charge in [0.1, 0.15) is 11.9 Å². The molecule has 0 saturated carbocycles. The lowest BCUT2D eigenvalue weighted by atomic mass is 9.86. The molecule has 4 nitrogen and oxygen atoms in total. The van der Waals surface area contributed by atoms with Gasteiger partial charge in [0.15, 0.2) is 4.88 Å². The van der Waals surface area contributed by atoms with E-state index in [-0.39, 0.29) is 11.7 Å². The quantitative estimate of drug-likeness (QED) is 0.928. The van der Waals surface area contributed by atoms with Crippen molar-refractivity contribution in [2.75, 3.05) is 18.1 Å². The van der Waals surface area contributed by atoms with Gasteiger partial charge in [-0.2, -0.15) is 11.8 Å². The van der Waals surface area contributed by atoms with Gasteiger partial charge in [-0.3, -0.25) is 0 Å². The molecular weight excluding hydrogens is 296 g/mol. The van der Waals surface area contributed by atoms with Crippen molar-refractivity contribution in [3.8, 4) is 5.75 Å². The maximum atomic E-state index is 11.1. The first-order chi connectivity index (χ1) is 9.69. The van der Waals surface area contributed by atoms with Crippen LogP contribution in [-0.2, 0) is 4.74 Å². The molecular formula is C14H18O4S2. The van der Waals surface area contributed by atoms with Crippen LogP contribution in [0.25, 0.3) is 0 Å². The number of hydrogen-bond acceptors (Lipinski definition) is 5. The third-order valence-electron chi connectivity index (χ3n) is 3.97. The Morgan fingerprint density at radius 1 is 1.45 bits per heavy atom. The van der Waals surface area contributed by atoms with Crippen molar-refractivity contribution in [3.05, 3.63) is 16.3 Å². The molecule has 1 atom stereocenters. The second-order valence-corrected chi connectivity index (χ2v) is 7.44. The van der Waals surface area contributed by atoms with Crippen LogP contribution in [-0.4, -0.2) is 40.9 Å². The monoisotopic (exact) mass is 314 g/mol. The van der Waals surface area contributed by atoms with E-state index in [1.807, 2.05) is 11.8 Å². The number of aromatic carboxylic acids is 1. The summed E-state index contributed by atoms with van der Waals surface area (Å²) in [6.45, 7) is 0.710. The number of ether oxygens (including phenoxy) is 2. The van der Waals surface area contributed by atoms with Crippen LogP contribution in [0.15, 0.2) is 11.4 Å². The van der Waals surface area contributed by atoms with Crippen LogP contribution in [0.3, 0.4) is 0 Å². The van der Waals surface area contributed by atoms with E-state index in [1.54, 1.807) is 11.4 Å². The molecule has 3 rings (SSSR count). The Labute approximate surface area is 126 Å². The normalized spacial score (nSPS) is 25.5. The number of carboxylic acids is 1. The predicted octanol–water partition coefficient (Wildman–Crippen LogP) is 3.27. The molecule has 2 fully saturated rings. The van der Waals surface area contributed by atoms with E-state index in [9.17, 15) is 4.79 Å². The molecule has 2 saturated heterocycles. The van der Waals surface area contributed by atoms with Gasteiger partial charge in [0.2, 0.25) is 0 Å². The van der Waals surface area contributed by atoms with Gasteiger partial charge in [0.25, 0.3) is 0 Å². The van der Waals surface area contributed by atoms with E-state index >= 15 is 0 Å². The summed E-state index contributed by atoms with van der Waals surface area (Å²) in [4.78, 5) is 11.4. The minimum absolute atomic E-state index is 0.0342. The number of carboxylic acid groups (broad SMARTS) is 1. The summed E-state index contributed by atoms with van der Waals surface area (Å²) in [7, 11) is 0. The molecule has 2 aliphatic heterocycles. The molecule has 2 aliphatic rings. The van der Waals surface area contributed by atoms with Crippen LogP contribution in [0.1, 0.15) is 35.4 Å². The standard InChI is InChI=1S/C14H18O4S2/c15-13(16)12-11(2-6-20-12)18-10-1-5-17-14(9-10)3-7-19-8-4-14/h2,6,10H,1,3-5,7-9H2,(H,15,16). The average molecular weight is 314 g/mol. The highest BCUT2D eigenvalue weighted by Gasteiger charge is 2.39. The lowest BCUT2D eigenvalue weighted by Crippen LogP contribution is -2.46. The van der Waals surface area contributed by atoms with Gasteiger partial charge < -0.3 is 14.6 Å². The van der Waals surface area contributed by atoms with Crippen LogP contribution >= 0.6 is 23.1 Å². The second-order valence-electron chi connectivity index (χ2n) is 5.30. The molecule has 6 heteroatoms. The molecule has 0 bridgehead atoms. The van der Waals surface area contributed by atoms with Gasteiger partial charge in [-0.15, -0.1) is 11.3 Å². The first-order valence-corrected chi connectivity index (χ1v) is 8.91. The fourth-order valence-corrected chi connectivity index (χ4v) is 4.80. The van der Waals surface area contributed by atoms with Crippen molar-refractivity contribution >= 4 is 29.1 Å². The smallest absolute Gasteiger partial charge is 0.349 e. The second kappa shape index (κ2) is 5.95. The molecule has 20 heavy (non-hydrogen) atoms. The van der Waals surface area contributed by atoms with E-state index in [0.717, 1.165) is 37.2 Å². The van der Waals surface area contributed by atoms with Gasteiger partial charge in [0.05, 0.1) is 12.2 Å². The molecule has 1 aromatic rings. The van der Waals surface area contributed by atoms with E-state index < -0.39 is 5.97 Å². The average Bonchev–Trinajstić information content (AvgIpc) is 2.88. The Kier molecular flexibility index (Phi) is 4.23. The van der Waals surface area contributed by atoms with Crippen LogP contribution in [0, 0.1) is 0 Å². The number of thioether (sulfide) groups is 1. The Morgan fingerprint density at radius 3 is 3.00 bits per heavy atom. The maximum Gasteiger partial charge on any atom is 0.349 e. The van der Waals surface area contributed by atoms with E-state index in [4.69, 9.17) is 14.6 Å². The summed E-state index contributed by atoms with van der Waals surface area (Å²) in [6, 6.07) is 1.76. The minimum Gasteiger partial charge on any atom is -0.488 e. The lowest BCUT2D eigenvalue weighted by molar-refractivity contribution is -0.116. The fraction of sp³-hybridized carbons (Fsp3) is 0.643. The van der Waals surface area contributed by atoms with Crippen LogP contribution in [0.4, 0.5) is 0 Å². The highest BCUT2D eigenvalue weighted by atomic mass is 32.2. The van der Waals surface area contributed by atoms with Crippen molar-refractivity contribution in [2.24, 2.45) is 0 Å². The SMILES string of the molecule is O=C(O)c1sccc1OC1CCOC2(CCSCC2)C1. The zero-order valence-corrected chi connectivity index (χ0v) is 12.8. The van der Waals surface area contributed by atoms with Gasteiger partial charge in [-0.1, -0.05) is 0 Å². The summed E-state index contributed by atoms with van der Waals surface area (Å²) >= 11 is 3.19. The van der Waals surface area contributed by atoms with Gasteiger partial charge in [-0.25, -0.2) is 4.79 Å². The fourth-order valence-electron chi connectivity index (χ4n) is 2.90. The first-order valence-electron chi connectivity index (χ1n) is 6.88. The third kappa shape index (κ3) is 2.97. The molecule has 1 spiro atoms. The molecule has 0 aromatic carbocycles. The number of thiophene rings is 1. The molecule has 1 N–H and O–H groups in total. The highest BCUT2D eigenvalue weighted by molar-refractivity contribution is 7.99. The first kappa shape index (κ1) is 14.2. The zero-order valence-electron chi connectivity index (χ0n) is 11.2. The van der Waals surface area contributed by atoms with E-state index in [2.05, 4.69) is 0 Å². The van der Waals surface area contributed by atoms with Gasteiger partial charge in [-0.05, 0) is 35.8 Å². The van der Waals surface area contributed by atoms with Crippen molar-refractivity contribution in [3.63, 3.8) is 0 Å². The van der Waals surface area contributed by atoms with Crippen LogP contribution in [0.5, 0.6) is 5.75 Å². The molecule has 0 aliphatic carbocycles. The van der Waals surface area contributed by atoms with Crippen LogP contribution < -0.4 is 4.74 Å². The van der Waals surface area contributed by atoms with Gasteiger partial charge >= 0.3 is 5.97 Å². The summed E-state index contributed by atoms with van der Waals surface area (Å²) in [6.07, 6.45) is 3.94. The molecule has 3 heterocycles. The molecule has 1 unspecified atom stereocenters. The zero-order chi connectivity index (χ0) is 14.0. The molecule has 0 amide bonds.